The van der Waals surface area contributed by atoms with Crippen molar-refractivity contribution in [2.24, 2.45) is 5.92 Å². The number of hydrogen-bond donors (Lipinski definition) is 1. The Morgan fingerprint density at radius 3 is 2.25 bits per heavy atom. The summed E-state index contributed by atoms with van der Waals surface area (Å²) in [6.45, 7) is 0.887. The highest BCUT2D eigenvalue weighted by Gasteiger charge is 2.48. The second-order valence-corrected chi connectivity index (χ2v) is 3.40. The van der Waals surface area contributed by atoms with Gasteiger partial charge in [-0.3, -0.25) is 9.59 Å². The minimum atomic E-state index is -4.75. The predicted molar refractivity (Wildman–Crippen MR) is 48.9 cm³/mol. The first-order valence-corrected chi connectivity index (χ1v) is 4.79. The van der Waals surface area contributed by atoms with Gasteiger partial charge in [-0.15, -0.1) is 11.6 Å². The van der Waals surface area contributed by atoms with Gasteiger partial charge >= 0.3 is 12.3 Å². The fraction of sp³-hybridized carbons (Fsp3) is 0.750. The molecule has 0 fully saturated rings. The Balaban J connectivity index is 4.23. The zero-order valence-corrected chi connectivity index (χ0v) is 9.03. The van der Waals surface area contributed by atoms with E-state index in [1.807, 2.05) is 0 Å². The number of ketones is 1. The van der Waals surface area contributed by atoms with E-state index in [4.69, 9.17) is 11.6 Å². The van der Waals surface area contributed by atoms with Gasteiger partial charge in [-0.1, -0.05) is 6.92 Å². The molecule has 0 saturated heterocycles. The second kappa shape index (κ2) is 6.03. The monoisotopic (exact) mass is 263 g/mol. The molecule has 0 spiro atoms. The van der Waals surface area contributed by atoms with Crippen molar-refractivity contribution in [1.82, 2.24) is 5.32 Å². The van der Waals surface area contributed by atoms with Gasteiger partial charge in [-0.25, -0.2) is 8.78 Å². The van der Waals surface area contributed by atoms with Gasteiger partial charge in [0.25, 0.3) is 5.91 Å². The van der Waals surface area contributed by atoms with E-state index < -0.39 is 36.5 Å². The van der Waals surface area contributed by atoms with Crippen molar-refractivity contribution in [1.29, 1.82) is 0 Å². The van der Waals surface area contributed by atoms with Crippen LogP contribution in [0.1, 0.15) is 6.92 Å². The van der Waals surface area contributed by atoms with Crippen molar-refractivity contribution in [3.8, 4) is 0 Å². The summed E-state index contributed by atoms with van der Waals surface area (Å²) in [6.07, 6.45) is -4.08. The third kappa shape index (κ3) is 3.96. The highest BCUT2D eigenvalue weighted by molar-refractivity contribution is 6.27. The smallest absolute Gasteiger partial charge is 0.350 e. The molecule has 0 saturated carbocycles. The van der Waals surface area contributed by atoms with Crippen LogP contribution >= 0.6 is 11.6 Å². The van der Waals surface area contributed by atoms with E-state index in [2.05, 4.69) is 0 Å². The number of nitrogens with one attached hydrogen (secondary N) is 1. The van der Waals surface area contributed by atoms with Crippen LogP contribution in [0.3, 0.4) is 0 Å². The molecule has 0 bridgehead atoms. The first kappa shape index (κ1) is 15.2. The Bertz CT molecular complexity index is 273. The minimum Gasteiger partial charge on any atom is -0.350 e. The van der Waals surface area contributed by atoms with Gasteiger partial charge in [0.05, 0.1) is 5.88 Å². The summed E-state index contributed by atoms with van der Waals surface area (Å²) < 4.78 is 48.2. The van der Waals surface area contributed by atoms with Crippen molar-refractivity contribution in [3.63, 3.8) is 0 Å². The molecular formula is C8H10ClF4NO2. The van der Waals surface area contributed by atoms with Crippen LogP contribution < -0.4 is 5.32 Å². The molecule has 3 nitrogen and oxygen atoms in total. The van der Waals surface area contributed by atoms with E-state index >= 15 is 0 Å². The molecule has 0 aromatic rings. The topological polar surface area (TPSA) is 46.2 Å². The molecule has 0 heterocycles. The number of carbonyl (C=O) groups is 2. The molecule has 0 radical (unpaired) electrons. The molecule has 1 atom stereocenters. The SMILES string of the molecule is CC(CNC(=O)C(F)(F)C(F)F)C(=O)CCl. The van der Waals surface area contributed by atoms with Crippen molar-refractivity contribution >= 4 is 23.3 Å². The summed E-state index contributed by atoms with van der Waals surface area (Å²) in [4.78, 5) is 21.5. The Kier molecular flexibility index (Phi) is 5.71. The third-order valence-electron chi connectivity index (χ3n) is 1.83. The summed E-state index contributed by atoms with van der Waals surface area (Å²) in [7, 11) is 0. The molecule has 0 aromatic carbocycles. The predicted octanol–water partition coefficient (Wildman–Crippen LogP) is 1.45. The number of halogens is 5. The van der Waals surface area contributed by atoms with Crippen LogP contribution in [-0.4, -0.2) is 36.5 Å². The maximum atomic E-state index is 12.4. The number of amides is 1. The van der Waals surface area contributed by atoms with Crippen molar-refractivity contribution in [2.45, 2.75) is 19.3 Å². The Labute approximate surface area is 94.1 Å². The van der Waals surface area contributed by atoms with Gasteiger partial charge < -0.3 is 5.32 Å². The van der Waals surface area contributed by atoms with E-state index in [0.717, 1.165) is 0 Å². The average molecular weight is 264 g/mol. The van der Waals surface area contributed by atoms with Gasteiger partial charge in [-0.2, -0.15) is 8.78 Å². The summed E-state index contributed by atoms with van der Waals surface area (Å²) in [5.41, 5.74) is 0. The standard InChI is InChI=1S/C8H10ClF4NO2/c1-4(5(15)2-9)3-14-7(16)8(12,13)6(10)11/h4,6H,2-3H2,1H3,(H,14,16). The molecule has 0 aromatic heterocycles. The molecule has 1 amide bonds. The summed E-state index contributed by atoms with van der Waals surface area (Å²) in [5.74, 6) is -8.44. The molecule has 0 aliphatic carbocycles. The lowest BCUT2D eigenvalue weighted by Crippen LogP contribution is -2.47. The van der Waals surface area contributed by atoms with Gasteiger partial charge in [0, 0.05) is 12.5 Å². The highest BCUT2D eigenvalue weighted by atomic mass is 35.5. The third-order valence-corrected chi connectivity index (χ3v) is 2.09. The fourth-order valence-electron chi connectivity index (χ4n) is 0.708. The highest BCUT2D eigenvalue weighted by Crippen LogP contribution is 2.22. The first-order chi connectivity index (χ1) is 7.23. The van der Waals surface area contributed by atoms with Crippen LogP contribution in [0.5, 0.6) is 0 Å². The molecular weight excluding hydrogens is 254 g/mol. The van der Waals surface area contributed by atoms with Gasteiger partial charge in [0.1, 0.15) is 0 Å². The number of alkyl halides is 5. The number of Topliss-reactive ketones (excluding diaryl/α,β-unsaturated/α-hetero) is 1. The lowest BCUT2D eigenvalue weighted by molar-refractivity contribution is -0.169. The van der Waals surface area contributed by atoms with Gasteiger partial charge in [-0.05, 0) is 0 Å². The Morgan fingerprint density at radius 1 is 1.38 bits per heavy atom. The van der Waals surface area contributed by atoms with Crippen LogP contribution in [0, 0.1) is 5.92 Å². The van der Waals surface area contributed by atoms with Crippen molar-refractivity contribution in [3.05, 3.63) is 0 Å². The lowest BCUT2D eigenvalue weighted by Gasteiger charge is -2.16. The summed E-state index contributed by atoms with van der Waals surface area (Å²) in [6, 6.07) is 0. The van der Waals surface area contributed by atoms with Crippen molar-refractivity contribution < 1.29 is 27.2 Å². The average Bonchev–Trinajstić information content (AvgIpc) is 2.23. The number of carbonyl (C=O) groups excluding carboxylic acids is 2. The zero-order valence-electron chi connectivity index (χ0n) is 8.28. The molecule has 1 N–H and O–H groups in total. The van der Waals surface area contributed by atoms with Crippen LogP contribution in [0.25, 0.3) is 0 Å². The number of hydrogen-bond acceptors (Lipinski definition) is 2. The fourth-order valence-corrected chi connectivity index (χ4v) is 0.972. The van der Waals surface area contributed by atoms with Crippen LogP contribution in [0.4, 0.5) is 17.6 Å². The van der Waals surface area contributed by atoms with Crippen LogP contribution in [0.15, 0.2) is 0 Å². The molecule has 1 unspecified atom stereocenters. The zero-order chi connectivity index (χ0) is 12.9. The molecule has 0 aliphatic rings. The van der Waals surface area contributed by atoms with E-state index in [1.165, 1.54) is 6.92 Å². The van der Waals surface area contributed by atoms with Gasteiger partial charge in [0.2, 0.25) is 0 Å². The Morgan fingerprint density at radius 2 is 1.88 bits per heavy atom. The lowest BCUT2D eigenvalue weighted by atomic mass is 10.1. The van der Waals surface area contributed by atoms with E-state index in [9.17, 15) is 27.2 Å². The molecule has 0 rings (SSSR count). The minimum absolute atomic E-state index is 0.331. The maximum Gasteiger partial charge on any atom is 0.383 e. The molecule has 94 valence electrons. The maximum absolute atomic E-state index is 12.4. The molecule has 0 aliphatic heterocycles. The summed E-state index contributed by atoms with van der Waals surface area (Å²) >= 11 is 5.17. The summed E-state index contributed by atoms with van der Waals surface area (Å²) in [5, 5.41) is 1.57. The molecule has 16 heavy (non-hydrogen) atoms. The molecule has 8 heteroatoms. The quantitative estimate of drug-likeness (QED) is 0.582. The van der Waals surface area contributed by atoms with E-state index in [1.54, 1.807) is 5.32 Å². The van der Waals surface area contributed by atoms with Crippen LogP contribution in [-0.2, 0) is 9.59 Å². The van der Waals surface area contributed by atoms with Crippen LogP contribution in [0.2, 0.25) is 0 Å². The van der Waals surface area contributed by atoms with Gasteiger partial charge in [0.15, 0.2) is 5.78 Å². The Hall–Kier alpha value is -0.850. The largest absolute Gasteiger partial charge is 0.383 e. The number of rotatable bonds is 6. The first-order valence-electron chi connectivity index (χ1n) is 4.26. The van der Waals surface area contributed by atoms with Crippen molar-refractivity contribution in [2.75, 3.05) is 12.4 Å². The van der Waals surface area contributed by atoms with E-state index in [-0.39, 0.29) is 5.88 Å². The second-order valence-electron chi connectivity index (χ2n) is 3.13. The van der Waals surface area contributed by atoms with E-state index in [0.29, 0.717) is 0 Å². The normalized spacial score (nSPS) is 13.7.